The van der Waals surface area contributed by atoms with Gasteiger partial charge in [0, 0.05) is 38.5 Å². The maximum absolute atomic E-state index is 12.9. The number of para-hydroxylation sites is 2. The van der Waals surface area contributed by atoms with Gasteiger partial charge in [0.15, 0.2) is 0 Å². The van der Waals surface area contributed by atoms with Crippen LogP contribution in [0.2, 0.25) is 0 Å². The Balaban J connectivity index is 1.89. The lowest BCUT2D eigenvalue weighted by Gasteiger charge is -2.11. The van der Waals surface area contributed by atoms with Crippen molar-refractivity contribution in [3.8, 4) is 0 Å². The summed E-state index contributed by atoms with van der Waals surface area (Å²) in [4.78, 5) is 23.6. The van der Waals surface area contributed by atoms with Crippen molar-refractivity contribution in [3.63, 3.8) is 0 Å². The topological polar surface area (TPSA) is 45.8 Å². The monoisotopic (exact) mass is 364 g/mol. The predicted molar refractivity (Wildman–Crippen MR) is 107 cm³/mol. The lowest BCUT2D eigenvalue weighted by Crippen LogP contribution is -2.05. The molecule has 124 valence electrons. The number of thioether (sulfide) groups is 1. The van der Waals surface area contributed by atoms with E-state index in [-0.39, 0.29) is 5.43 Å². The second kappa shape index (κ2) is 6.94. The normalized spacial score (nSPS) is 11.2. The Hall–Kier alpha value is -2.24. The number of fused-ring (bicyclic) bond motifs is 2. The SMILES string of the molecule is CCSc1cnc2ccccc2c1Sc1c[nH]c2ccccc2c1=O. The summed E-state index contributed by atoms with van der Waals surface area (Å²) in [5, 5.41) is 1.80. The van der Waals surface area contributed by atoms with E-state index in [2.05, 4.69) is 23.0 Å². The Bertz CT molecular complexity index is 1120. The number of H-pyrrole nitrogens is 1. The van der Waals surface area contributed by atoms with Crippen molar-refractivity contribution in [2.24, 2.45) is 0 Å². The predicted octanol–water partition coefficient (Wildman–Crippen LogP) is 5.34. The largest absolute Gasteiger partial charge is 0.360 e. The number of nitrogens with zero attached hydrogens (tertiary/aromatic N) is 1. The molecule has 0 saturated heterocycles. The summed E-state index contributed by atoms with van der Waals surface area (Å²) in [6.07, 6.45) is 3.72. The zero-order valence-corrected chi connectivity index (χ0v) is 15.3. The van der Waals surface area contributed by atoms with E-state index in [0.29, 0.717) is 4.90 Å². The Morgan fingerprint density at radius 3 is 2.60 bits per heavy atom. The highest BCUT2D eigenvalue weighted by Crippen LogP contribution is 2.38. The third kappa shape index (κ3) is 3.05. The highest BCUT2D eigenvalue weighted by atomic mass is 32.2. The molecule has 0 aliphatic carbocycles. The molecule has 0 saturated carbocycles. The summed E-state index contributed by atoms with van der Waals surface area (Å²) in [5.41, 5.74) is 1.87. The smallest absolute Gasteiger partial charge is 0.203 e. The van der Waals surface area contributed by atoms with Crippen LogP contribution in [0.5, 0.6) is 0 Å². The minimum absolute atomic E-state index is 0.0627. The van der Waals surface area contributed by atoms with Crippen LogP contribution < -0.4 is 5.43 Å². The van der Waals surface area contributed by atoms with Gasteiger partial charge in [0.25, 0.3) is 0 Å². The van der Waals surface area contributed by atoms with E-state index >= 15 is 0 Å². The van der Waals surface area contributed by atoms with E-state index in [1.807, 2.05) is 54.9 Å². The number of nitrogens with one attached hydrogen (secondary N) is 1. The molecule has 0 amide bonds. The highest BCUT2D eigenvalue weighted by Gasteiger charge is 2.13. The highest BCUT2D eigenvalue weighted by molar-refractivity contribution is 8.02. The molecule has 2 aromatic heterocycles. The average Bonchev–Trinajstić information content (AvgIpc) is 2.66. The van der Waals surface area contributed by atoms with Gasteiger partial charge >= 0.3 is 0 Å². The molecule has 1 N–H and O–H groups in total. The third-order valence-electron chi connectivity index (χ3n) is 3.96. The van der Waals surface area contributed by atoms with E-state index in [1.54, 1.807) is 11.8 Å². The van der Waals surface area contributed by atoms with Crippen molar-refractivity contribution in [3.05, 3.63) is 71.1 Å². The molecule has 0 spiro atoms. The van der Waals surface area contributed by atoms with E-state index in [9.17, 15) is 4.79 Å². The molecule has 0 fully saturated rings. The molecule has 0 bridgehead atoms. The molecule has 0 radical (unpaired) electrons. The van der Waals surface area contributed by atoms with Crippen LogP contribution in [0.3, 0.4) is 0 Å². The molecule has 4 rings (SSSR count). The maximum Gasteiger partial charge on any atom is 0.203 e. The molecule has 25 heavy (non-hydrogen) atoms. The van der Waals surface area contributed by atoms with Gasteiger partial charge in [-0.25, -0.2) is 0 Å². The van der Waals surface area contributed by atoms with Crippen LogP contribution in [0, 0.1) is 0 Å². The Kier molecular flexibility index (Phi) is 4.51. The minimum atomic E-state index is 0.0627. The fraction of sp³-hybridized carbons (Fsp3) is 0.100. The summed E-state index contributed by atoms with van der Waals surface area (Å²) in [6, 6.07) is 15.7. The number of hydrogen-bond acceptors (Lipinski definition) is 4. The lowest BCUT2D eigenvalue weighted by atomic mass is 10.2. The van der Waals surface area contributed by atoms with Crippen molar-refractivity contribution in [1.29, 1.82) is 0 Å². The van der Waals surface area contributed by atoms with Crippen LogP contribution >= 0.6 is 23.5 Å². The van der Waals surface area contributed by atoms with Crippen LogP contribution in [0.25, 0.3) is 21.8 Å². The quantitative estimate of drug-likeness (QED) is 0.497. The molecule has 5 heteroatoms. The Labute approximate surface area is 153 Å². The van der Waals surface area contributed by atoms with Gasteiger partial charge in [0.1, 0.15) is 0 Å². The standard InChI is InChI=1S/C20H16N2OS2/c1-2-24-18-12-22-16-10-6-4-8-14(16)20(18)25-17-11-21-15-9-5-3-7-13(15)19(17)23/h3-12H,2H2,1H3,(H,21,23). The van der Waals surface area contributed by atoms with Crippen molar-refractivity contribution in [1.82, 2.24) is 9.97 Å². The van der Waals surface area contributed by atoms with E-state index in [0.717, 1.165) is 37.3 Å². The van der Waals surface area contributed by atoms with Gasteiger partial charge in [-0.05, 0) is 24.0 Å². The van der Waals surface area contributed by atoms with Gasteiger partial charge in [0.2, 0.25) is 5.43 Å². The van der Waals surface area contributed by atoms with Crippen LogP contribution in [-0.4, -0.2) is 15.7 Å². The van der Waals surface area contributed by atoms with E-state index in [4.69, 9.17) is 0 Å². The van der Waals surface area contributed by atoms with Gasteiger partial charge in [-0.1, -0.05) is 49.0 Å². The molecule has 0 atom stereocenters. The molecule has 0 aliphatic heterocycles. The first kappa shape index (κ1) is 16.2. The summed E-state index contributed by atoms with van der Waals surface area (Å²) in [7, 11) is 0. The van der Waals surface area contributed by atoms with Gasteiger partial charge < -0.3 is 4.98 Å². The molecule has 2 heterocycles. The van der Waals surface area contributed by atoms with Crippen LogP contribution in [0.4, 0.5) is 0 Å². The lowest BCUT2D eigenvalue weighted by molar-refractivity contribution is 1.18. The molecular weight excluding hydrogens is 348 g/mol. The van der Waals surface area contributed by atoms with Crippen LogP contribution in [0.1, 0.15) is 6.92 Å². The number of hydrogen-bond donors (Lipinski definition) is 1. The van der Waals surface area contributed by atoms with Crippen molar-refractivity contribution in [2.45, 2.75) is 21.6 Å². The van der Waals surface area contributed by atoms with Crippen LogP contribution in [0.15, 0.2) is 80.4 Å². The maximum atomic E-state index is 12.9. The first-order valence-electron chi connectivity index (χ1n) is 8.06. The minimum Gasteiger partial charge on any atom is -0.360 e. The zero-order chi connectivity index (χ0) is 17.2. The number of aromatic amines is 1. The van der Waals surface area contributed by atoms with Gasteiger partial charge in [-0.2, -0.15) is 0 Å². The number of rotatable bonds is 4. The first-order chi connectivity index (χ1) is 12.3. The summed E-state index contributed by atoms with van der Waals surface area (Å²) in [5.74, 6) is 0.960. The molecule has 4 aromatic rings. The zero-order valence-electron chi connectivity index (χ0n) is 13.7. The van der Waals surface area contributed by atoms with E-state index < -0.39 is 0 Å². The molecule has 2 aromatic carbocycles. The van der Waals surface area contributed by atoms with E-state index in [1.165, 1.54) is 11.8 Å². The van der Waals surface area contributed by atoms with Gasteiger partial charge in [-0.15, -0.1) is 11.8 Å². The average molecular weight is 364 g/mol. The Morgan fingerprint density at radius 2 is 1.76 bits per heavy atom. The second-order valence-electron chi connectivity index (χ2n) is 5.53. The fourth-order valence-corrected chi connectivity index (χ4v) is 4.75. The summed E-state index contributed by atoms with van der Waals surface area (Å²) < 4.78 is 0. The molecule has 0 unspecified atom stereocenters. The van der Waals surface area contributed by atoms with Crippen molar-refractivity contribution in [2.75, 3.05) is 5.75 Å². The second-order valence-corrected chi connectivity index (χ2v) is 7.89. The number of pyridine rings is 2. The number of benzene rings is 2. The van der Waals surface area contributed by atoms with Gasteiger partial charge in [0.05, 0.1) is 10.4 Å². The van der Waals surface area contributed by atoms with Crippen LogP contribution in [-0.2, 0) is 0 Å². The summed E-state index contributed by atoms with van der Waals surface area (Å²) in [6.45, 7) is 2.12. The first-order valence-corrected chi connectivity index (χ1v) is 9.87. The third-order valence-corrected chi connectivity index (χ3v) is 6.16. The van der Waals surface area contributed by atoms with Crippen molar-refractivity contribution >= 4 is 45.3 Å². The fourth-order valence-electron chi connectivity index (χ4n) is 2.80. The molecule has 0 aliphatic rings. The Morgan fingerprint density at radius 1 is 1.00 bits per heavy atom. The molecular formula is C20H16N2OS2. The number of aromatic nitrogens is 2. The van der Waals surface area contributed by atoms with Crippen molar-refractivity contribution < 1.29 is 0 Å². The summed E-state index contributed by atoms with van der Waals surface area (Å²) >= 11 is 3.27. The molecule has 3 nitrogen and oxygen atoms in total. The van der Waals surface area contributed by atoms with Gasteiger partial charge in [-0.3, -0.25) is 9.78 Å².